The van der Waals surface area contributed by atoms with E-state index >= 15 is 0 Å². The van der Waals surface area contributed by atoms with Gasteiger partial charge in [0.1, 0.15) is 22.8 Å². The molecule has 4 rings (SSSR count). The molecule has 3 amide bonds. The maximum Gasteiger partial charge on any atom is 0.323 e. The molecule has 3 aromatic rings. The van der Waals surface area contributed by atoms with Crippen LogP contribution in [-0.4, -0.2) is 17.7 Å². The molecule has 1 aliphatic heterocycles. The first kappa shape index (κ1) is 20.8. The highest BCUT2D eigenvalue weighted by atomic mass is 32.2. The van der Waals surface area contributed by atoms with Crippen molar-refractivity contribution in [3.63, 3.8) is 0 Å². The van der Waals surface area contributed by atoms with E-state index in [0.717, 1.165) is 17.7 Å². The number of carbonyl (C=O) groups excluding carboxylic acids is 2. The average Bonchev–Trinajstić information content (AvgIpc) is 3.13. The highest BCUT2D eigenvalue weighted by molar-refractivity contribution is 8.00. The largest absolute Gasteiger partial charge is 0.323 e. The third kappa shape index (κ3) is 4.66. The Labute approximate surface area is 180 Å². The van der Waals surface area contributed by atoms with Gasteiger partial charge in [0, 0.05) is 17.4 Å². The lowest BCUT2D eigenvalue weighted by Crippen LogP contribution is -2.27. The SMILES string of the molecule is O=C(Nc1ccc(C2SCC(=O)N2c2ccc(F)cc2)cc1)Nc1ccc(F)cc1F. The second kappa shape index (κ2) is 8.73. The van der Waals surface area contributed by atoms with Crippen LogP contribution in [0.2, 0.25) is 0 Å². The number of thioether (sulfide) groups is 1. The van der Waals surface area contributed by atoms with Crippen molar-refractivity contribution in [2.45, 2.75) is 5.37 Å². The molecule has 1 unspecified atom stereocenters. The van der Waals surface area contributed by atoms with Gasteiger partial charge in [0.05, 0.1) is 11.4 Å². The van der Waals surface area contributed by atoms with Crippen molar-refractivity contribution in [1.82, 2.24) is 0 Å². The van der Waals surface area contributed by atoms with Gasteiger partial charge in [-0.3, -0.25) is 9.69 Å². The standard InChI is InChI=1S/C22H16F3N3O2S/c23-14-3-8-17(9-4-14)28-20(29)12-31-21(28)13-1-6-16(7-2-13)26-22(30)27-19-10-5-15(24)11-18(19)25/h1-11,21H,12H2,(H2,26,27,30). The smallest absolute Gasteiger partial charge is 0.308 e. The third-order valence-corrected chi connectivity index (χ3v) is 5.82. The van der Waals surface area contributed by atoms with E-state index < -0.39 is 17.7 Å². The summed E-state index contributed by atoms with van der Waals surface area (Å²) in [6, 6.07) is 14.7. The summed E-state index contributed by atoms with van der Waals surface area (Å²) in [6.07, 6.45) is 0. The van der Waals surface area contributed by atoms with Gasteiger partial charge in [-0.2, -0.15) is 0 Å². The van der Waals surface area contributed by atoms with Crippen LogP contribution in [0.3, 0.4) is 0 Å². The molecule has 1 atom stereocenters. The Bertz CT molecular complexity index is 1120. The second-order valence-corrected chi connectivity index (χ2v) is 7.80. The lowest BCUT2D eigenvalue weighted by molar-refractivity contribution is -0.115. The highest BCUT2D eigenvalue weighted by Crippen LogP contribution is 2.41. The molecule has 9 heteroatoms. The van der Waals surface area contributed by atoms with Crippen molar-refractivity contribution in [1.29, 1.82) is 0 Å². The zero-order valence-electron chi connectivity index (χ0n) is 15.9. The van der Waals surface area contributed by atoms with Crippen LogP contribution in [-0.2, 0) is 4.79 Å². The first-order valence-electron chi connectivity index (χ1n) is 9.23. The molecular weight excluding hydrogens is 427 g/mol. The minimum absolute atomic E-state index is 0.0792. The molecule has 3 aromatic carbocycles. The number of urea groups is 1. The van der Waals surface area contributed by atoms with Crippen LogP contribution in [0.25, 0.3) is 0 Å². The van der Waals surface area contributed by atoms with Gasteiger partial charge in [0.15, 0.2) is 0 Å². The number of rotatable bonds is 4. The quantitative estimate of drug-likeness (QED) is 0.558. The maximum absolute atomic E-state index is 13.7. The van der Waals surface area contributed by atoms with E-state index in [2.05, 4.69) is 10.6 Å². The topological polar surface area (TPSA) is 61.4 Å². The van der Waals surface area contributed by atoms with Gasteiger partial charge in [0.25, 0.3) is 0 Å². The Hall–Kier alpha value is -3.46. The first-order valence-corrected chi connectivity index (χ1v) is 10.3. The molecule has 0 saturated carbocycles. The average molecular weight is 443 g/mol. The van der Waals surface area contributed by atoms with Gasteiger partial charge in [-0.05, 0) is 54.1 Å². The van der Waals surface area contributed by atoms with Crippen LogP contribution in [0.15, 0.2) is 66.7 Å². The number of anilines is 3. The molecule has 0 radical (unpaired) electrons. The van der Waals surface area contributed by atoms with Gasteiger partial charge < -0.3 is 10.6 Å². The number of benzene rings is 3. The predicted molar refractivity (Wildman–Crippen MR) is 115 cm³/mol. The molecule has 0 spiro atoms. The van der Waals surface area contributed by atoms with E-state index in [4.69, 9.17) is 0 Å². The van der Waals surface area contributed by atoms with Gasteiger partial charge in [-0.25, -0.2) is 18.0 Å². The van der Waals surface area contributed by atoms with Crippen LogP contribution in [0, 0.1) is 17.5 Å². The van der Waals surface area contributed by atoms with Crippen molar-refractivity contribution >= 4 is 40.8 Å². The lowest BCUT2D eigenvalue weighted by atomic mass is 10.1. The summed E-state index contributed by atoms with van der Waals surface area (Å²) in [7, 11) is 0. The van der Waals surface area contributed by atoms with Gasteiger partial charge in [-0.15, -0.1) is 11.8 Å². The molecule has 0 aliphatic carbocycles. The van der Waals surface area contributed by atoms with E-state index in [9.17, 15) is 22.8 Å². The number of hydrogen-bond acceptors (Lipinski definition) is 3. The molecule has 0 bridgehead atoms. The summed E-state index contributed by atoms with van der Waals surface area (Å²) in [6.45, 7) is 0. The van der Waals surface area contributed by atoms with E-state index in [1.165, 1.54) is 23.9 Å². The number of halogens is 3. The van der Waals surface area contributed by atoms with E-state index in [1.807, 2.05) is 0 Å². The van der Waals surface area contributed by atoms with Gasteiger partial charge >= 0.3 is 6.03 Å². The molecule has 0 aromatic heterocycles. The number of nitrogens with zero attached hydrogens (tertiary/aromatic N) is 1. The zero-order chi connectivity index (χ0) is 22.0. The molecular formula is C22H16F3N3O2S. The number of nitrogens with one attached hydrogen (secondary N) is 2. The summed E-state index contributed by atoms with van der Waals surface area (Å²) < 4.78 is 39.9. The number of carbonyl (C=O) groups is 2. The molecule has 1 saturated heterocycles. The lowest BCUT2D eigenvalue weighted by Gasteiger charge is -2.24. The Balaban J connectivity index is 1.45. The summed E-state index contributed by atoms with van der Waals surface area (Å²) in [5.74, 6) is -1.78. The zero-order valence-corrected chi connectivity index (χ0v) is 16.8. The van der Waals surface area contributed by atoms with Crippen molar-refractivity contribution in [2.75, 3.05) is 21.3 Å². The fourth-order valence-electron chi connectivity index (χ4n) is 3.16. The normalized spacial score (nSPS) is 15.8. The minimum atomic E-state index is -0.880. The van der Waals surface area contributed by atoms with E-state index in [-0.39, 0.29) is 22.8 Å². The van der Waals surface area contributed by atoms with Gasteiger partial charge in [-0.1, -0.05) is 12.1 Å². The molecule has 158 valence electrons. The third-order valence-electron chi connectivity index (χ3n) is 4.61. The maximum atomic E-state index is 13.7. The molecule has 1 aliphatic rings. The van der Waals surface area contributed by atoms with Crippen molar-refractivity contribution < 1.29 is 22.8 Å². The van der Waals surface area contributed by atoms with Crippen LogP contribution in [0.4, 0.5) is 35.0 Å². The van der Waals surface area contributed by atoms with Gasteiger partial charge in [0.2, 0.25) is 5.91 Å². The van der Waals surface area contributed by atoms with Crippen molar-refractivity contribution in [3.8, 4) is 0 Å². The minimum Gasteiger partial charge on any atom is -0.308 e. The van der Waals surface area contributed by atoms with E-state index in [0.29, 0.717) is 23.2 Å². The first-order chi connectivity index (χ1) is 14.9. The number of amides is 3. The molecule has 1 fully saturated rings. The van der Waals surface area contributed by atoms with Crippen molar-refractivity contribution in [3.05, 3.63) is 89.7 Å². The molecule has 5 nitrogen and oxygen atoms in total. The molecule has 2 N–H and O–H groups in total. The predicted octanol–water partition coefficient (Wildman–Crippen LogP) is 5.53. The fraction of sp³-hybridized carbons (Fsp3) is 0.0909. The molecule has 31 heavy (non-hydrogen) atoms. The van der Waals surface area contributed by atoms with Crippen molar-refractivity contribution in [2.24, 2.45) is 0 Å². The van der Waals surface area contributed by atoms with Crippen LogP contribution >= 0.6 is 11.8 Å². The summed E-state index contributed by atoms with van der Waals surface area (Å²) in [4.78, 5) is 26.1. The Morgan fingerprint density at radius 1 is 0.903 bits per heavy atom. The summed E-state index contributed by atoms with van der Waals surface area (Å²) in [5.41, 5.74) is 1.73. The summed E-state index contributed by atoms with van der Waals surface area (Å²) >= 11 is 1.45. The fourth-order valence-corrected chi connectivity index (χ4v) is 4.34. The molecule has 1 heterocycles. The highest BCUT2D eigenvalue weighted by Gasteiger charge is 2.34. The number of hydrogen-bond donors (Lipinski definition) is 2. The Kier molecular flexibility index (Phi) is 5.85. The van der Waals surface area contributed by atoms with E-state index in [1.54, 1.807) is 41.3 Å². The monoisotopic (exact) mass is 443 g/mol. The Morgan fingerprint density at radius 2 is 1.58 bits per heavy atom. The second-order valence-electron chi connectivity index (χ2n) is 6.73. The van der Waals surface area contributed by atoms with Crippen LogP contribution in [0.5, 0.6) is 0 Å². The summed E-state index contributed by atoms with van der Waals surface area (Å²) in [5, 5.41) is 4.60. The van der Waals surface area contributed by atoms with Crippen LogP contribution in [0.1, 0.15) is 10.9 Å². The van der Waals surface area contributed by atoms with Crippen LogP contribution < -0.4 is 15.5 Å². The Morgan fingerprint density at radius 3 is 2.26 bits per heavy atom.